The number of nitrogens with one attached hydrogen (secondary N) is 2. The van der Waals surface area contributed by atoms with E-state index in [1.165, 1.54) is 5.56 Å². The Morgan fingerprint density at radius 1 is 1.39 bits per heavy atom. The molecule has 0 aromatic heterocycles. The number of benzene rings is 1. The van der Waals surface area contributed by atoms with Crippen molar-refractivity contribution >= 4 is 6.09 Å². The lowest BCUT2D eigenvalue weighted by molar-refractivity contribution is 0.0501. The summed E-state index contributed by atoms with van der Waals surface area (Å²) >= 11 is 0. The molecule has 2 rings (SSSR count). The molecule has 1 heterocycles. The number of hydrogen-bond donors (Lipinski definition) is 2. The minimum absolute atomic E-state index is 0.0415. The molecule has 0 aliphatic carbocycles. The maximum absolute atomic E-state index is 11.9. The van der Waals surface area contributed by atoms with Crippen molar-refractivity contribution in [3.8, 4) is 5.75 Å². The maximum atomic E-state index is 11.9. The van der Waals surface area contributed by atoms with Crippen LogP contribution in [0.3, 0.4) is 0 Å². The number of hydrogen-bond acceptors (Lipinski definition) is 4. The number of amides is 1. The molecule has 0 fully saturated rings. The Labute approximate surface area is 138 Å². The predicted octanol–water partition coefficient (Wildman–Crippen LogP) is 3.40. The van der Waals surface area contributed by atoms with Crippen molar-refractivity contribution in [2.75, 3.05) is 13.2 Å². The van der Waals surface area contributed by atoms with Crippen LogP contribution < -0.4 is 15.4 Å². The Balaban J connectivity index is 1.88. The van der Waals surface area contributed by atoms with Crippen LogP contribution in [0.25, 0.3) is 0 Å². The number of carbonyl (C=O) groups is 1. The first-order valence-electron chi connectivity index (χ1n) is 8.33. The number of alkyl carbamates (subject to hydrolysis) is 1. The summed E-state index contributed by atoms with van der Waals surface area (Å²) in [7, 11) is 0. The lowest BCUT2D eigenvalue weighted by atomic mass is 10.0. The average molecular weight is 320 g/mol. The standard InChI is InChI=1S/C18H28N2O3/c1-5-13(20-17(21)23-18(2,3)4)12-19-15-10-11-22-16-9-7-6-8-14(15)16/h6-9,13,15,19H,5,10-12H2,1-4H3,(H,20,21). The highest BCUT2D eigenvalue weighted by atomic mass is 16.6. The zero-order chi connectivity index (χ0) is 16.9. The van der Waals surface area contributed by atoms with Gasteiger partial charge in [-0.1, -0.05) is 25.1 Å². The summed E-state index contributed by atoms with van der Waals surface area (Å²) in [5.41, 5.74) is 0.709. The van der Waals surface area contributed by atoms with Crippen LogP contribution >= 0.6 is 0 Å². The average Bonchev–Trinajstić information content (AvgIpc) is 2.49. The molecule has 1 aliphatic rings. The van der Waals surface area contributed by atoms with E-state index in [9.17, 15) is 4.79 Å². The van der Waals surface area contributed by atoms with Crippen LogP contribution in [0.15, 0.2) is 24.3 Å². The van der Waals surface area contributed by atoms with Crippen molar-refractivity contribution in [1.82, 2.24) is 10.6 Å². The van der Waals surface area contributed by atoms with Gasteiger partial charge in [-0.25, -0.2) is 4.79 Å². The zero-order valence-electron chi connectivity index (χ0n) is 14.5. The summed E-state index contributed by atoms with van der Waals surface area (Å²) in [5.74, 6) is 0.949. The summed E-state index contributed by atoms with van der Waals surface area (Å²) < 4.78 is 11.0. The van der Waals surface area contributed by atoms with Crippen LogP contribution in [0.5, 0.6) is 5.75 Å². The molecule has 1 aromatic carbocycles. The molecule has 0 spiro atoms. The van der Waals surface area contributed by atoms with Crippen molar-refractivity contribution in [2.45, 2.75) is 58.2 Å². The lowest BCUT2D eigenvalue weighted by Gasteiger charge is -2.29. The monoisotopic (exact) mass is 320 g/mol. The third-order valence-corrected chi connectivity index (χ3v) is 3.78. The van der Waals surface area contributed by atoms with E-state index in [0.717, 1.165) is 18.6 Å². The molecule has 23 heavy (non-hydrogen) atoms. The number of fused-ring (bicyclic) bond motifs is 1. The van der Waals surface area contributed by atoms with Crippen LogP contribution in [0.4, 0.5) is 4.79 Å². The molecule has 1 aromatic rings. The van der Waals surface area contributed by atoms with Gasteiger partial charge >= 0.3 is 6.09 Å². The van der Waals surface area contributed by atoms with E-state index < -0.39 is 5.60 Å². The molecule has 0 saturated carbocycles. The summed E-state index contributed by atoms with van der Waals surface area (Å²) in [6.07, 6.45) is 1.41. The van der Waals surface area contributed by atoms with E-state index in [0.29, 0.717) is 13.2 Å². The molecule has 128 valence electrons. The van der Waals surface area contributed by atoms with Gasteiger partial charge in [-0.2, -0.15) is 0 Å². The van der Waals surface area contributed by atoms with Gasteiger partial charge in [0.2, 0.25) is 0 Å². The third-order valence-electron chi connectivity index (χ3n) is 3.78. The first-order chi connectivity index (χ1) is 10.9. The van der Waals surface area contributed by atoms with Gasteiger partial charge in [0.15, 0.2) is 0 Å². The summed E-state index contributed by atoms with van der Waals surface area (Å²) in [6.45, 7) is 9.07. The van der Waals surface area contributed by atoms with Gasteiger partial charge < -0.3 is 20.1 Å². The summed E-state index contributed by atoms with van der Waals surface area (Å²) in [6, 6.07) is 8.40. The van der Waals surface area contributed by atoms with Gasteiger partial charge in [-0.3, -0.25) is 0 Å². The Hall–Kier alpha value is -1.75. The zero-order valence-corrected chi connectivity index (χ0v) is 14.5. The van der Waals surface area contributed by atoms with Crippen molar-refractivity contribution in [2.24, 2.45) is 0 Å². The largest absolute Gasteiger partial charge is 0.493 e. The number of ether oxygens (including phenoxy) is 2. The normalized spacial score (nSPS) is 18.5. The Morgan fingerprint density at radius 2 is 2.13 bits per heavy atom. The molecule has 5 nitrogen and oxygen atoms in total. The molecule has 0 radical (unpaired) electrons. The number of para-hydroxylation sites is 1. The molecule has 0 saturated heterocycles. The van der Waals surface area contributed by atoms with Gasteiger partial charge in [-0.05, 0) is 33.3 Å². The third kappa shape index (κ3) is 5.43. The second-order valence-electron chi connectivity index (χ2n) is 6.89. The minimum Gasteiger partial charge on any atom is -0.493 e. The molecule has 5 heteroatoms. The molecular formula is C18H28N2O3. The quantitative estimate of drug-likeness (QED) is 0.873. The van der Waals surface area contributed by atoms with E-state index in [4.69, 9.17) is 9.47 Å². The summed E-state index contributed by atoms with van der Waals surface area (Å²) in [4.78, 5) is 11.9. The highest BCUT2D eigenvalue weighted by Gasteiger charge is 2.23. The molecular weight excluding hydrogens is 292 g/mol. The van der Waals surface area contributed by atoms with E-state index in [2.05, 4.69) is 23.6 Å². The highest BCUT2D eigenvalue weighted by molar-refractivity contribution is 5.68. The van der Waals surface area contributed by atoms with E-state index in [1.807, 2.05) is 39.0 Å². The van der Waals surface area contributed by atoms with Crippen molar-refractivity contribution < 1.29 is 14.3 Å². The fourth-order valence-corrected chi connectivity index (χ4v) is 2.61. The van der Waals surface area contributed by atoms with Gasteiger partial charge in [0.25, 0.3) is 0 Å². The van der Waals surface area contributed by atoms with Crippen molar-refractivity contribution in [3.63, 3.8) is 0 Å². The lowest BCUT2D eigenvalue weighted by Crippen LogP contribution is -2.45. The maximum Gasteiger partial charge on any atom is 0.407 e. The molecule has 0 bridgehead atoms. The second-order valence-corrected chi connectivity index (χ2v) is 6.89. The van der Waals surface area contributed by atoms with E-state index in [1.54, 1.807) is 0 Å². The molecule has 1 amide bonds. The Morgan fingerprint density at radius 3 is 2.83 bits per heavy atom. The first-order valence-corrected chi connectivity index (χ1v) is 8.33. The smallest absolute Gasteiger partial charge is 0.407 e. The first kappa shape index (κ1) is 17.6. The SMILES string of the molecule is CCC(CNC1CCOc2ccccc21)NC(=O)OC(C)(C)C. The topological polar surface area (TPSA) is 59.6 Å². The molecule has 2 N–H and O–H groups in total. The van der Waals surface area contributed by atoms with Crippen LogP contribution in [0, 0.1) is 0 Å². The fraction of sp³-hybridized carbons (Fsp3) is 0.611. The van der Waals surface area contributed by atoms with Gasteiger partial charge in [0.1, 0.15) is 11.4 Å². The second kappa shape index (κ2) is 7.68. The van der Waals surface area contributed by atoms with Crippen LogP contribution in [0.1, 0.15) is 52.1 Å². The van der Waals surface area contributed by atoms with Crippen molar-refractivity contribution in [3.05, 3.63) is 29.8 Å². The molecule has 2 unspecified atom stereocenters. The van der Waals surface area contributed by atoms with Gasteiger partial charge in [-0.15, -0.1) is 0 Å². The predicted molar refractivity (Wildman–Crippen MR) is 90.7 cm³/mol. The molecule has 2 atom stereocenters. The minimum atomic E-state index is -0.477. The van der Waals surface area contributed by atoms with Gasteiger partial charge in [0.05, 0.1) is 6.61 Å². The van der Waals surface area contributed by atoms with Crippen LogP contribution in [-0.2, 0) is 4.74 Å². The summed E-state index contributed by atoms with van der Waals surface area (Å²) in [5, 5.41) is 6.48. The number of rotatable bonds is 5. The van der Waals surface area contributed by atoms with Crippen LogP contribution in [0.2, 0.25) is 0 Å². The van der Waals surface area contributed by atoms with Crippen LogP contribution in [-0.4, -0.2) is 30.9 Å². The van der Waals surface area contributed by atoms with E-state index in [-0.39, 0.29) is 18.2 Å². The van der Waals surface area contributed by atoms with Gasteiger partial charge in [0, 0.05) is 30.6 Å². The molecule has 1 aliphatic heterocycles. The Kier molecular flexibility index (Phi) is 5.88. The fourth-order valence-electron chi connectivity index (χ4n) is 2.61. The Bertz CT molecular complexity index is 525. The number of carbonyl (C=O) groups excluding carboxylic acids is 1. The highest BCUT2D eigenvalue weighted by Crippen LogP contribution is 2.31. The van der Waals surface area contributed by atoms with Crippen molar-refractivity contribution in [1.29, 1.82) is 0 Å². The van der Waals surface area contributed by atoms with E-state index >= 15 is 0 Å².